The summed E-state index contributed by atoms with van der Waals surface area (Å²) in [5.74, 6) is 1.96. The Bertz CT molecular complexity index is 1100. The van der Waals surface area contributed by atoms with E-state index in [1.807, 2.05) is 31.2 Å². The summed E-state index contributed by atoms with van der Waals surface area (Å²) in [7, 11) is 2.17. The third-order valence-corrected chi connectivity index (χ3v) is 6.41. The first-order chi connectivity index (χ1) is 14.6. The molecule has 0 fully saturated rings. The number of nitrogens with one attached hydrogen (secondary N) is 1. The minimum absolute atomic E-state index is 0.189. The molecular formula is C24H26ClN5. The van der Waals surface area contributed by atoms with Crippen molar-refractivity contribution in [1.29, 1.82) is 0 Å². The van der Waals surface area contributed by atoms with Crippen molar-refractivity contribution >= 4 is 22.9 Å². The van der Waals surface area contributed by atoms with E-state index < -0.39 is 0 Å². The molecule has 2 aliphatic heterocycles. The van der Waals surface area contributed by atoms with Gasteiger partial charge in [0, 0.05) is 30.2 Å². The lowest BCUT2D eigenvalue weighted by Crippen LogP contribution is -2.23. The van der Waals surface area contributed by atoms with E-state index in [2.05, 4.69) is 56.3 Å². The van der Waals surface area contributed by atoms with Crippen LogP contribution in [0.2, 0.25) is 5.02 Å². The Balaban J connectivity index is 1.58. The fourth-order valence-electron chi connectivity index (χ4n) is 4.48. The molecule has 3 heterocycles. The smallest absolute Gasteiger partial charge is 0.137 e. The van der Waals surface area contributed by atoms with Crippen LogP contribution >= 0.6 is 11.6 Å². The van der Waals surface area contributed by atoms with Gasteiger partial charge in [0.05, 0.1) is 11.7 Å². The number of rotatable bonds is 3. The summed E-state index contributed by atoms with van der Waals surface area (Å²) >= 11 is 6.09. The first kappa shape index (κ1) is 19.3. The molecule has 0 spiro atoms. The monoisotopic (exact) mass is 419 g/mol. The molecule has 1 N–H and O–H groups in total. The van der Waals surface area contributed by atoms with Gasteiger partial charge in [0.25, 0.3) is 0 Å². The summed E-state index contributed by atoms with van der Waals surface area (Å²) in [6, 6.07) is 15.0. The van der Waals surface area contributed by atoms with E-state index in [-0.39, 0.29) is 6.04 Å². The van der Waals surface area contributed by atoms with Crippen LogP contribution in [0.1, 0.15) is 41.7 Å². The highest BCUT2D eigenvalue weighted by Crippen LogP contribution is 2.36. The van der Waals surface area contributed by atoms with Crippen molar-refractivity contribution in [2.75, 3.05) is 25.5 Å². The van der Waals surface area contributed by atoms with Crippen LogP contribution in [0.4, 0.5) is 5.69 Å². The number of fused-ring (bicyclic) bond motifs is 3. The largest absolute Gasteiger partial charge is 0.378 e. The molecule has 0 saturated heterocycles. The van der Waals surface area contributed by atoms with Crippen LogP contribution in [0.25, 0.3) is 11.3 Å². The zero-order valence-corrected chi connectivity index (χ0v) is 18.2. The summed E-state index contributed by atoms with van der Waals surface area (Å²) in [6.07, 6.45) is 5.28. The lowest BCUT2D eigenvalue weighted by Gasteiger charge is -2.25. The van der Waals surface area contributed by atoms with Crippen molar-refractivity contribution in [1.82, 2.24) is 19.7 Å². The molecule has 0 bridgehead atoms. The van der Waals surface area contributed by atoms with E-state index in [9.17, 15) is 0 Å². The van der Waals surface area contributed by atoms with Crippen molar-refractivity contribution in [2.45, 2.75) is 32.2 Å². The average Bonchev–Trinajstić information content (AvgIpc) is 3.05. The van der Waals surface area contributed by atoms with E-state index in [4.69, 9.17) is 11.6 Å². The first-order valence-corrected chi connectivity index (χ1v) is 10.9. The molecule has 0 aliphatic carbocycles. The molecule has 0 amide bonds. The van der Waals surface area contributed by atoms with Gasteiger partial charge in [0.15, 0.2) is 0 Å². The van der Waals surface area contributed by atoms with Crippen LogP contribution in [-0.4, -0.2) is 39.8 Å². The van der Waals surface area contributed by atoms with Gasteiger partial charge in [-0.15, -0.1) is 10.2 Å². The SMILES string of the molecule is Cc1nnc2n1-c1ccc(C3=CCN(C)CC3)cc1C(Nc1ccc(Cl)cc1)CC2. The third kappa shape index (κ3) is 3.64. The number of anilines is 1. The highest BCUT2D eigenvalue weighted by Gasteiger charge is 2.25. The number of hydrogen-bond acceptors (Lipinski definition) is 4. The maximum Gasteiger partial charge on any atom is 0.137 e. The molecule has 5 rings (SSSR count). The third-order valence-electron chi connectivity index (χ3n) is 6.16. The number of aromatic nitrogens is 3. The molecule has 1 unspecified atom stereocenters. The maximum atomic E-state index is 6.09. The Labute approximate surface area is 182 Å². The van der Waals surface area contributed by atoms with Gasteiger partial charge in [-0.05, 0) is 79.9 Å². The molecule has 154 valence electrons. The van der Waals surface area contributed by atoms with Crippen molar-refractivity contribution in [2.24, 2.45) is 0 Å². The van der Waals surface area contributed by atoms with E-state index in [1.54, 1.807) is 0 Å². The summed E-state index contributed by atoms with van der Waals surface area (Å²) in [5, 5.41) is 13.3. The highest BCUT2D eigenvalue weighted by atomic mass is 35.5. The van der Waals surface area contributed by atoms with Gasteiger partial charge < -0.3 is 10.2 Å². The minimum Gasteiger partial charge on any atom is -0.378 e. The predicted molar refractivity (Wildman–Crippen MR) is 122 cm³/mol. The van der Waals surface area contributed by atoms with E-state index >= 15 is 0 Å². The van der Waals surface area contributed by atoms with Gasteiger partial charge in [-0.1, -0.05) is 23.7 Å². The molecule has 6 heteroatoms. The second-order valence-electron chi connectivity index (χ2n) is 8.26. The Morgan fingerprint density at radius 1 is 1.07 bits per heavy atom. The van der Waals surface area contributed by atoms with Gasteiger partial charge in [-0.25, -0.2) is 0 Å². The molecule has 3 aromatic rings. The zero-order chi connectivity index (χ0) is 20.7. The lowest BCUT2D eigenvalue weighted by molar-refractivity contribution is 0.370. The van der Waals surface area contributed by atoms with Crippen molar-refractivity contribution < 1.29 is 0 Å². The molecule has 1 aromatic heterocycles. The Morgan fingerprint density at radius 3 is 2.67 bits per heavy atom. The van der Waals surface area contributed by atoms with Gasteiger partial charge in [0.1, 0.15) is 11.6 Å². The topological polar surface area (TPSA) is 46.0 Å². The second-order valence-corrected chi connectivity index (χ2v) is 8.69. The molecule has 1 atom stereocenters. The highest BCUT2D eigenvalue weighted by molar-refractivity contribution is 6.30. The van der Waals surface area contributed by atoms with E-state index in [1.165, 1.54) is 22.4 Å². The van der Waals surface area contributed by atoms with Gasteiger partial charge in [-0.3, -0.25) is 4.57 Å². The number of aryl methyl sites for hydroxylation is 2. The zero-order valence-electron chi connectivity index (χ0n) is 17.4. The molecule has 0 saturated carbocycles. The Kier molecular flexibility index (Phi) is 5.09. The summed E-state index contributed by atoms with van der Waals surface area (Å²) < 4.78 is 2.21. The molecule has 30 heavy (non-hydrogen) atoms. The summed E-state index contributed by atoms with van der Waals surface area (Å²) in [5.41, 5.74) is 6.30. The summed E-state index contributed by atoms with van der Waals surface area (Å²) in [6.45, 7) is 4.14. The van der Waals surface area contributed by atoms with Gasteiger partial charge in [0.2, 0.25) is 0 Å². The van der Waals surface area contributed by atoms with Gasteiger partial charge in [-0.2, -0.15) is 0 Å². The van der Waals surface area contributed by atoms with Crippen LogP contribution in [0.15, 0.2) is 48.5 Å². The average molecular weight is 420 g/mol. The maximum absolute atomic E-state index is 6.09. The Hall–Kier alpha value is -2.63. The molecule has 2 aliphatic rings. The number of benzene rings is 2. The van der Waals surface area contributed by atoms with E-state index in [0.29, 0.717) is 0 Å². The van der Waals surface area contributed by atoms with Gasteiger partial charge >= 0.3 is 0 Å². The fraction of sp³-hybridized carbons (Fsp3) is 0.333. The summed E-state index contributed by atoms with van der Waals surface area (Å²) in [4.78, 5) is 2.35. The normalized spacial score (nSPS) is 18.9. The minimum atomic E-state index is 0.189. The Morgan fingerprint density at radius 2 is 1.90 bits per heavy atom. The van der Waals surface area contributed by atoms with Crippen molar-refractivity contribution in [3.63, 3.8) is 0 Å². The quantitative estimate of drug-likeness (QED) is 0.645. The van der Waals surface area contributed by atoms with Crippen LogP contribution in [-0.2, 0) is 6.42 Å². The number of likely N-dealkylation sites (N-methyl/N-ethyl adjacent to an activating group) is 1. The second kappa shape index (κ2) is 7.89. The van der Waals surface area contributed by atoms with Crippen LogP contribution < -0.4 is 5.32 Å². The van der Waals surface area contributed by atoms with E-state index in [0.717, 1.165) is 54.7 Å². The molecular weight excluding hydrogens is 394 g/mol. The lowest BCUT2D eigenvalue weighted by atomic mass is 9.93. The van der Waals surface area contributed by atoms with Crippen LogP contribution in [0, 0.1) is 6.92 Å². The number of nitrogens with zero attached hydrogens (tertiary/aromatic N) is 4. The first-order valence-electron chi connectivity index (χ1n) is 10.5. The fourth-order valence-corrected chi connectivity index (χ4v) is 4.60. The van der Waals surface area contributed by atoms with Crippen molar-refractivity contribution in [3.8, 4) is 5.69 Å². The predicted octanol–water partition coefficient (Wildman–Crippen LogP) is 5.05. The molecule has 5 nitrogen and oxygen atoms in total. The van der Waals surface area contributed by atoms with Crippen LogP contribution in [0.3, 0.4) is 0 Å². The van der Waals surface area contributed by atoms with Crippen molar-refractivity contribution in [3.05, 3.63) is 76.3 Å². The molecule has 0 radical (unpaired) electrons. The van der Waals surface area contributed by atoms with Crippen LogP contribution in [0.5, 0.6) is 0 Å². The molecule has 2 aromatic carbocycles. The number of hydrogen-bond donors (Lipinski definition) is 1. The number of halogens is 1. The standard InChI is InChI=1S/C24H26ClN5/c1-16-27-28-24-10-8-22(26-20-6-4-19(25)5-7-20)21-15-18(3-9-23(21)30(16)24)17-11-13-29(2)14-12-17/h3-7,9,11,15,22,26H,8,10,12-14H2,1-2H3.